The van der Waals surface area contributed by atoms with E-state index in [-0.39, 0.29) is 30.6 Å². The number of anilines is 3. The number of nitrogens with one attached hydrogen (secondary N) is 1. The fourth-order valence-corrected chi connectivity index (χ4v) is 3.84. The van der Waals surface area contributed by atoms with Crippen LogP contribution in [0.3, 0.4) is 0 Å². The Kier molecular flexibility index (Phi) is 5.51. The van der Waals surface area contributed by atoms with E-state index in [4.69, 9.17) is 16.3 Å². The highest BCUT2D eigenvalue weighted by atomic mass is 35.5. The number of halogens is 1. The summed E-state index contributed by atoms with van der Waals surface area (Å²) >= 11 is 6.41. The second-order valence-corrected chi connectivity index (χ2v) is 7.27. The zero-order valence-electron chi connectivity index (χ0n) is 15.7. The van der Waals surface area contributed by atoms with Crippen molar-refractivity contribution in [3.05, 3.63) is 53.1 Å². The number of amides is 3. The molecule has 0 bridgehead atoms. The van der Waals surface area contributed by atoms with Crippen molar-refractivity contribution in [2.24, 2.45) is 0 Å². The molecule has 2 aromatic rings. The van der Waals surface area contributed by atoms with Gasteiger partial charge in [-0.25, -0.2) is 0 Å². The van der Waals surface area contributed by atoms with Gasteiger partial charge in [0.25, 0.3) is 5.91 Å². The van der Waals surface area contributed by atoms with Crippen molar-refractivity contribution < 1.29 is 19.1 Å². The summed E-state index contributed by atoms with van der Waals surface area (Å²) in [5, 5.41) is 3.48. The zero-order valence-corrected chi connectivity index (χ0v) is 16.4. The first kappa shape index (κ1) is 19.4. The molecular formula is C21H20ClN3O4. The van der Waals surface area contributed by atoms with Gasteiger partial charge in [0.1, 0.15) is 0 Å². The smallest absolute Gasteiger partial charge is 0.255 e. The largest absolute Gasteiger partial charge is 0.378 e. The first-order valence-electron chi connectivity index (χ1n) is 9.43. The van der Waals surface area contributed by atoms with Gasteiger partial charge in [-0.05, 0) is 36.4 Å². The molecule has 0 aliphatic carbocycles. The number of carbonyl (C=O) groups is 3. The van der Waals surface area contributed by atoms with Crippen LogP contribution in [0.15, 0.2) is 42.5 Å². The van der Waals surface area contributed by atoms with Crippen LogP contribution in [0.2, 0.25) is 5.02 Å². The Morgan fingerprint density at radius 3 is 2.28 bits per heavy atom. The molecule has 1 N–H and O–H groups in total. The van der Waals surface area contributed by atoms with E-state index in [1.54, 1.807) is 36.4 Å². The van der Waals surface area contributed by atoms with Crippen molar-refractivity contribution in [1.82, 2.24) is 0 Å². The Labute approximate surface area is 173 Å². The van der Waals surface area contributed by atoms with Crippen LogP contribution in [0.5, 0.6) is 0 Å². The van der Waals surface area contributed by atoms with E-state index in [1.165, 1.54) is 0 Å². The van der Waals surface area contributed by atoms with Gasteiger partial charge < -0.3 is 15.0 Å². The topological polar surface area (TPSA) is 79.0 Å². The number of hydrogen-bond donors (Lipinski definition) is 1. The Hall–Kier alpha value is -2.90. The number of carbonyl (C=O) groups excluding carboxylic acids is 3. The van der Waals surface area contributed by atoms with Gasteiger partial charge in [0.2, 0.25) is 11.8 Å². The van der Waals surface area contributed by atoms with Crippen molar-refractivity contribution >= 4 is 46.4 Å². The van der Waals surface area contributed by atoms with Crippen molar-refractivity contribution in [3.63, 3.8) is 0 Å². The predicted octanol–water partition coefficient (Wildman–Crippen LogP) is 3.08. The van der Waals surface area contributed by atoms with Crippen LogP contribution in [-0.2, 0) is 14.3 Å². The van der Waals surface area contributed by atoms with Crippen LogP contribution >= 0.6 is 11.6 Å². The Balaban J connectivity index is 1.53. The molecule has 2 aliphatic heterocycles. The van der Waals surface area contributed by atoms with Crippen LogP contribution < -0.4 is 15.1 Å². The Morgan fingerprint density at radius 2 is 1.62 bits per heavy atom. The molecule has 150 valence electrons. The van der Waals surface area contributed by atoms with E-state index in [2.05, 4.69) is 10.2 Å². The molecule has 2 saturated heterocycles. The second-order valence-electron chi connectivity index (χ2n) is 6.86. The lowest BCUT2D eigenvalue weighted by atomic mass is 10.1. The van der Waals surface area contributed by atoms with Gasteiger partial charge in [-0.2, -0.15) is 0 Å². The summed E-state index contributed by atoms with van der Waals surface area (Å²) in [6.07, 6.45) is 0.445. The van der Waals surface area contributed by atoms with Crippen molar-refractivity contribution in [2.75, 3.05) is 41.4 Å². The number of morpholine rings is 1. The third kappa shape index (κ3) is 3.97. The molecule has 2 heterocycles. The molecule has 4 rings (SSSR count). The minimum atomic E-state index is -0.299. The lowest BCUT2D eigenvalue weighted by molar-refractivity contribution is -0.121. The molecule has 0 spiro atoms. The summed E-state index contributed by atoms with van der Waals surface area (Å²) < 4.78 is 5.40. The molecule has 8 heteroatoms. The number of ether oxygens (including phenoxy) is 1. The van der Waals surface area contributed by atoms with E-state index < -0.39 is 0 Å². The van der Waals surface area contributed by atoms with E-state index >= 15 is 0 Å². The van der Waals surface area contributed by atoms with Gasteiger partial charge in [0.15, 0.2) is 0 Å². The Bertz CT molecular complexity index is 939. The van der Waals surface area contributed by atoms with E-state index in [0.29, 0.717) is 48.3 Å². The molecule has 2 aromatic carbocycles. The van der Waals surface area contributed by atoms with Crippen LogP contribution in [-0.4, -0.2) is 44.0 Å². The molecule has 0 atom stereocenters. The van der Waals surface area contributed by atoms with Crippen molar-refractivity contribution in [1.29, 1.82) is 0 Å². The molecule has 0 radical (unpaired) electrons. The lowest BCUT2D eigenvalue weighted by Crippen LogP contribution is -2.37. The molecule has 0 aromatic heterocycles. The number of hydrogen-bond acceptors (Lipinski definition) is 5. The third-order valence-electron chi connectivity index (χ3n) is 5.00. The van der Waals surface area contributed by atoms with Crippen molar-refractivity contribution in [2.45, 2.75) is 12.8 Å². The molecule has 2 fully saturated rings. The number of imide groups is 1. The second kappa shape index (κ2) is 8.23. The van der Waals surface area contributed by atoms with E-state index in [9.17, 15) is 14.4 Å². The van der Waals surface area contributed by atoms with E-state index in [1.807, 2.05) is 6.07 Å². The minimum absolute atomic E-state index is 0.221. The number of nitrogens with zero attached hydrogens (tertiary/aromatic N) is 2. The average molecular weight is 414 g/mol. The fraction of sp³-hybridized carbons (Fsp3) is 0.286. The predicted molar refractivity (Wildman–Crippen MR) is 111 cm³/mol. The maximum Gasteiger partial charge on any atom is 0.255 e. The van der Waals surface area contributed by atoms with E-state index in [0.717, 1.165) is 10.6 Å². The maximum atomic E-state index is 12.8. The molecule has 29 heavy (non-hydrogen) atoms. The van der Waals surface area contributed by atoms with Gasteiger partial charge in [-0.3, -0.25) is 19.3 Å². The first-order valence-corrected chi connectivity index (χ1v) is 9.81. The molecule has 0 unspecified atom stereocenters. The highest BCUT2D eigenvalue weighted by Crippen LogP contribution is 2.34. The summed E-state index contributed by atoms with van der Waals surface area (Å²) in [5.74, 6) is -0.741. The number of benzene rings is 2. The van der Waals surface area contributed by atoms with Crippen LogP contribution in [0.25, 0.3) is 0 Å². The summed E-state index contributed by atoms with van der Waals surface area (Å²) in [7, 11) is 0. The minimum Gasteiger partial charge on any atom is -0.378 e. The molecule has 0 saturated carbocycles. The van der Waals surface area contributed by atoms with Gasteiger partial charge in [0.05, 0.1) is 35.3 Å². The molecule has 7 nitrogen and oxygen atoms in total. The van der Waals surface area contributed by atoms with Gasteiger partial charge in [-0.1, -0.05) is 17.7 Å². The van der Waals surface area contributed by atoms with Gasteiger partial charge in [-0.15, -0.1) is 0 Å². The van der Waals surface area contributed by atoms with Gasteiger partial charge in [0, 0.05) is 31.5 Å². The molecule has 3 amide bonds. The Morgan fingerprint density at radius 1 is 0.966 bits per heavy atom. The summed E-state index contributed by atoms with van der Waals surface area (Å²) in [6.45, 7) is 2.60. The third-order valence-corrected chi connectivity index (χ3v) is 5.31. The highest BCUT2D eigenvalue weighted by molar-refractivity contribution is 6.34. The summed E-state index contributed by atoms with van der Waals surface area (Å²) in [6, 6.07) is 11.8. The average Bonchev–Trinajstić information content (AvgIpc) is 3.07. The SMILES string of the molecule is O=C(Nc1cccc(Cl)c1N1CCOCC1)c1ccc(N2C(=O)CCC2=O)cc1. The van der Waals surface area contributed by atoms with Crippen molar-refractivity contribution in [3.8, 4) is 0 Å². The first-order chi connectivity index (χ1) is 14.0. The molecule has 2 aliphatic rings. The summed E-state index contributed by atoms with van der Waals surface area (Å²) in [4.78, 5) is 39.8. The lowest BCUT2D eigenvalue weighted by Gasteiger charge is -2.31. The number of para-hydroxylation sites is 1. The molecular weight excluding hydrogens is 394 g/mol. The standard InChI is InChI=1S/C21H20ClN3O4/c22-16-2-1-3-17(20(16)24-10-12-29-13-11-24)23-21(28)14-4-6-15(7-5-14)25-18(26)8-9-19(25)27/h1-7H,8-13H2,(H,23,28). The highest BCUT2D eigenvalue weighted by Gasteiger charge is 2.30. The van der Waals surface area contributed by atoms with Crippen LogP contribution in [0, 0.1) is 0 Å². The monoisotopic (exact) mass is 413 g/mol. The summed E-state index contributed by atoms with van der Waals surface area (Å²) in [5.41, 5.74) is 2.29. The van der Waals surface area contributed by atoms with Crippen LogP contribution in [0.4, 0.5) is 17.1 Å². The van der Waals surface area contributed by atoms with Gasteiger partial charge >= 0.3 is 0 Å². The quantitative estimate of drug-likeness (QED) is 0.779. The maximum absolute atomic E-state index is 12.8. The fourth-order valence-electron chi connectivity index (χ4n) is 3.55. The van der Waals surface area contributed by atoms with Crippen LogP contribution in [0.1, 0.15) is 23.2 Å². The number of rotatable bonds is 4. The normalized spacial score (nSPS) is 17.0. The zero-order chi connectivity index (χ0) is 20.4.